The zero-order valence-electron chi connectivity index (χ0n) is 16.9. The van der Waals surface area contributed by atoms with Crippen LogP contribution in [0.1, 0.15) is 32.3 Å². The van der Waals surface area contributed by atoms with Crippen molar-refractivity contribution in [2.45, 2.75) is 33.2 Å². The number of aryl methyl sites for hydroxylation is 1. The van der Waals surface area contributed by atoms with Gasteiger partial charge in [0, 0.05) is 47.9 Å². The molecule has 154 valence electrons. The lowest BCUT2D eigenvalue weighted by atomic mass is 10.0. The number of halogens is 1. The first-order valence-corrected chi connectivity index (χ1v) is 10.2. The molecule has 0 aliphatic carbocycles. The lowest BCUT2D eigenvalue weighted by Gasteiger charge is -2.12. The number of rotatable bonds is 7. The third-order valence-electron chi connectivity index (χ3n) is 4.84. The van der Waals surface area contributed by atoms with Gasteiger partial charge in [0.1, 0.15) is 6.07 Å². The second-order valence-electron chi connectivity index (χ2n) is 7.29. The number of nitriles is 1. The molecule has 6 nitrogen and oxygen atoms in total. The predicted octanol–water partition coefficient (Wildman–Crippen LogP) is 5.18. The van der Waals surface area contributed by atoms with Crippen LogP contribution < -0.4 is 10.6 Å². The number of nitrogens with zero attached hydrogens (tertiary/aromatic N) is 2. The summed E-state index contributed by atoms with van der Waals surface area (Å²) in [5.74, 6) is -0.479. The molecule has 30 heavy (non-hydrogen) atoms. The van der Waals surface area contributed by atoms with Gasteiger partial charge in [0.2, 0.25) is 11.8 Å². The number of anilines is 2. The lowest BCUT2D eigenvalue weighted by Crippen LogP contribution is -2.20. The van der Waals surface area contributed by atoms with Gasteiger partial charge in [0.25, 0.3) is 0 Å². The Kier molecular flexibility index (Phi) is 6.76. The molecule has 1 heterocycles. The molecular formula is C23H23ClN4O2. The molecule has 1 unspecified atom stereocenters. The van der Waals surface area contributed by atoms with Crippen LogP contribution in [0.5, 0.6) is 0 Å². The number of hydrogen-bond donors (Lipinski definition) is 2. The summed E-state index contributed by atoms with van der Waals surface area (Å²) >= 11 is 5.98. The maximum atomic E-state index is 12.4. The molecule has 0 spiro atoms. The molecular weight excluding hydrogens is 400 g/mol. The zero-order chi connectivity index (χ0) is 21.7. The zero-order valence-corrected chi connectivity index (χ0v) is 17.7. The fourth-order valence-corrected chi connectivity index (χ4v) is 3.59. The third kappa shape index (κ3) is 5.19. The molecule has 0 fully saturated rings. The topological polar surface area (TPSA) is 86.9 Å². The summed E-state index contributed by atoms with van der Waals surface area (Å²) < 4.78 is 2.14. The minimum atomic E-state index is -0.210. The monoisotopic (exact) mass is 422 g/mol. The first-order valence-electron chi connectivity index (χ1n) is 9.78. The number of aromatic nitrogens is 1. The summed E-state index contributed by atoms with van der Waals surface area (Å²) in [4.78, 5) is 24.6. The summed E-state index contributed by atoms with van der Waals surface area (Å²) in [5, 5.41) is 15.9. The number of carbonyl (C=O) groups excluding carboxylic acids is 2. The maximum Gasteiger partial charge on any atom is 0.224 e. The molecule has 0 saturated heterocycles. The summed E-state index contributed by atoms with van der Waals surface area (Å²) in [7, 11) is 0. The number of carbonyl (C=O) groups is 2. The van der Waals surface area contributed by atoms with E-state index in [2.05, 4.69) is 22.1 Å². The predicted molar refractivity (Wildman–Crippen MR) is 119 cm³/mol. The van der Waals surface area contributed by atoms with E-state index < -0.39 is 0 Å². The number of amides is 2. The molecule has 1 aromatic heterocycles. The van der Waals surface area contributed by atoms with Crippen molar-refractivity contribution < 1.29 is 9.59 Å². The van der Waals surface area contributed by atoms with E-state index in [9.17, 15) is 9.59 Å². The molecule has 0 aliphatic heterocycles. The van der Waals surface area contributed by atoms with Crippen LogP contribution in [-0.4, -0.2) is 16.4 Å². The van der Waals surface area contributed by atoms with E-state index in [0.717, 1.165) is 23.1 Å². The van der Waals surface area contributed by atoms with Gasteiger partial charge < -0.3 is 15.2 Å². The van der Waals surface area contributed by atoms with Gasteiger partial charge in [-0.05, 0) is 55.3 Å². The highest BCUT2D eigenvalue weighted by Crippen LogP contribution is 2.22. The quantitative estimate of drug-likeness (QED) is 0.550. The fourth-order valence-electron chi connectivity index (χ4n) is 3.37. The lowest BCUT2D eigenvalue weighted by molar-refractivity contribution is -0.118. The van der Waals surface area contributed by atoms with Crippen LogP contribution in [0.3, 0.4) is 0 Å². The normalized spacial score (nSPS) is 11.7. The van der Waals surface area contributed by atoms with Gasteiger partial charge >= 0.3 is 0 Å². The minimum absolute atomic E-state index is 0.133. The van der Waals surface area contributed by atoms with Crippen molar-refractivity contribution in [2.75, 3.05) is 10.6 Å². The standard InChI is InChI=1S/C23H23ClN4O2/c1-3-28-9-8-16-12-18(6-7-21(16)28)26-22(29)10-15(2)11-23(30)27-19-5-4-17(14-25)20(24)13-19/h4-9,12-13,15H,3,10-11H2,1-2H3,(H,26,29)(H,27,30). The van der Waals surface area contributed by atoms with Gasteiger partial charge in [0.05, 0.1) is 10.6 Å². The van der Waals surface area contributed by atoms with E-state index in [1.807, 2.05) is 43.5 Å². The molecule has 1 atom stereocenters. The second-order valence-corrected chi connectivity index (χ2v) is 7.70. The Morgan fingerprint density at radius 2 is 1.70 bits per heavy atom. The van der Waals surface area contributed by atoms with Crippen LogP contribution in [0.15, 0.2) is 48.7 Å². The SMILES string of the molecule is CCn1ccc2cc(NC(=O)CC(C)CC(=O)Nc3ccc(C#N)c(Cl)c3)ccc21. The Bertz CT molecular complexity index is 1130. The molecule has 0 radical (unpaired) electrons. The molecule has 2 N–H and O–H groups in total. The Hall–Kier alpha value is -3.30. The van der Waals surface area contributed by atoms with Crippen LogP contribution in [0.4, 0.5) is 11.4 Å². The van der Waals surface area contributed by atoms with Gasteiger partial charge in [-0.2, -0.15) is 5.26 Å². The molecule has 3 aromatic rings. The highest BCUT2D eigenvalue weighted by molar-refractivity contribution is 6.32. The molecule has 0 saturated carbocycles. The van der Waals surface area contributed by atoms with Crippen molar-refractivity contribution in [1.82, 2.24) is 4.57 Å². The average molecular weight is 423 g/mol. The van der Waals surface area contributed by atoms with Crippen molar-refractivity contribution in [3.63, 3.8) is 0 Å². The molecule has 2 amide bonds. The van der Waals surface area contributed by atoms with E-state index in [1.165, 1.54) is 6.07 Å². The highest BCUT2D eigenvalue weighted by atomic mass is 35.5. The van der Waals surface area contributed by atoms with Gasteiger partial charge in [-0.3, -0.25) is 9.59 Å². The Labute approximate surface area is 180 Å². The molecule has 7 heteroatoms. The number of benzene rings is 2. The molecule has 0 bridgehead atoms. The van der Waals surface area contributed by atoms with Crippen LogP contribution in [0.25, 0.3) is 10.9 Å². The van der Waals surface area contributed by atoms with Gasteiger partial charge in [-0.15, -0.1) is 0 Å². The van der Waals surface area contributed by atoms with Gasteiger partial charge in [-0.25, -0.2) is 0 Å². The maximum absolute atomic E-state index is 12.4. The van der Waals surface area contributed by atoms with Crippen LogP contribution in [-0.2, 0) is 16.1 Å². The Morgan fingerprint density at radius 1 is 1.07 bits per heavy atom. The van der Waals surface area contributed by atoms with Crippen molar-refractivity contribution in [3.05, 3.63) is 59.2 Å². The van der Waals surface area contributed by atoms with Gasteiger partial charge in [-0.1, -0.05) is 18.5 Å². The summed E-state index contributed by atoms with van der Waals surface area (Å²) in [6, 6.07) is 14.6. The smallest absolute Gasteiger partial charge is 0.224 e. The van der Waals surface area contributed by atoms with Crippen molar-refractivity contribution in [2.24, 2.45) is 5.92 Å². The molecule has 2 aromatic carbocycles. The summed E-state index contributed by atoms with van der Waals surface area (Å²) in [6.07, 6.45) is 2.46. The molecule has 3 rings (SSSR count). The Morgan fingerprint density at radius 3 is 2.30 bits per heavy atom. The van der Waals surface area contributed by atoms with E-state index >= 15 is 0 Å². The first-order chi connectivity index (χ1) is 14.4. The van der Waals surface area contributed by atoms with Crippen LogP contribution in [0.2, 0.25) is 5.02 Å². The minimum Gasteiger partial charge on any atom is -0.348 e. The van der Waals surface area contributed by atoms with Crippen molar-refractivity contribution >= 4 is 45.7 Å². The fraction of sp³-hybridized carbons (Fsp3) is 0.261. The highest BCUT2D eigenvalue weighted by Gasteiger charge is 2.15. The largest absolute Gasteiger partial charge is 0.348 e. The van der Waals surface area contributed by atoms with Crippen molar-refractivity contribution in [3.8, 4) is 6.07 Å². The Balaban J connectivity index is 1.52. The summed E-state index contributed by atoms with van der Waals surface area (Å²) in [5.41, 5.74) is 2.74. The first kappa shape index (κ1) is 21.4. The van der Waals surface area contributed by atoms with E-state index in [-0.39, 0.29) is 35.6 Å². The number of hydrogen-bond acceptors (Lipinski definition) is 3. The van der Waals surface area contributed by atoms with Crippen molar-refractivity contribution in [1.29, 1.82) is 5.26 Å². The van der Waals surface area contributed by atoms with E-state index in [0.29, 0.717) is 11.3 Å². The van der Waals surface area contributed by atoms with Crippen LogP contribution >= 0.6 is 11.6 Å². The number of fused-ring (bicyclic) bond motifs is 1. The molecule has 0 aliphatic rings. The number of nitrogens with one attached hydrogen (secondary N) is 2. The average Bonchev–Trinajstić information content (AvgIpc) is 3.10. The second kappa shape index (κ2) is 9.47. The van der Waals surface area contributed by atoms with Gasteiger partial charge in [0.15, 0.2) is 0 Å². The van der Waals surface area contributed by atoms with E-state index in [4.69, 9.17) is 16.9 Å². The van der Waals surface area contributed by atoms with Crippen LogP contribution in [0, 0.1) is 17.2 Å². The van der Waals surface area contributed by atoms with E-state index in [1.54, 1.807) is 12.1 Å². The summed E-state index contributed by atoms with van der Waals surface area (Å²) in [6.45, 7) is 4.83. The third-order valence-corrected chi connectivity index (χ3v) is 5.15.